The highest BCUT2D eigenvalue weighted by Gasteiger charge is 2.20. The number of guanidine groups is 1. The minimum absolute atomic E-state index is 0. The van der Waals surface area contributed by atoms with Crippen LogP contribution in [-0.4, -0.2) is 68.8 Å². The molecule has 0 saturated carbocycles. The number of pyridine rings is 1. The molecule has 1 aliphatic heterocycles. The van der Waals surface area contributed by atoms with Crippen molar-refractivity contribution >= 4 is 35.8 Å². The van der Waals surface area contributed by atoms with E-state index in [1.807, 2.05) is 18.3 Å². The van der Waals surface area contributed by atoms with Crippen LogP contribution in [0, 0.1) is 0 Å². The van der Waals surface area contributed by atoms with Gasteiger partial charge in [-0.2, -0.15) is 0 Å². The molecular formula is C16H28IN5O. The molecule has 1 aromatic heterocycles. The molecule has 0 radical (unpaired) electrons. The predicted octanol–water partition coefficient (Wildman–Crippen LogP) is 1.82. The van der Waals surface area contributed by atoms with E-state index in [9.17, 15) is 0 Å². The van der Waals surface area contributed by atoms with Crippen LogP contribution in [0.1, 0.15) is 13.3 Å². The number of halogens is 1. The lowest BCUT2D eigenvalue weighted by Crippen LogP contribution is -2.52. The third kappa shape index (κ3) is 6.50. The molecule has 2 heterocycles. The lowest BCUT2D eigenvalue weighted by molar-refractivity contribution is 0.197. The molecule has 0 unspecified atom stereocenters. The summed E-state index contributed by atoms with van der Waals surface area (Å²) in [4.78, 5) is 13.8. The minimum atomic E-state index is 0. The van der Waals surface area contributed by atoms with Gasteiger partial charge >= 0.3 is 0 Å². The molecule has 0 atom stereocenters. The summed E-state index contributed by atoms with van der Waals surface area (Å²) in [6, 6.07) is 6.06. The summed E-state index contributed by atoms with van der Waals surface area (Å²) in [7, 11) is 1.73. The number of methoxy groups -OCH3 is 1. The normalized spacial score (nSPS) is 15.3. The number of hydrogen-bond donors (Lipinski definition) is 1. The number of ether oxygens (including phenoxy) is 1. The van der Waals surface area contributed by atoms with E-state index in [0.29, 0.717) is 0 Å². The van der Waals surface area contributed by atoms with Crippen LogP contribution in [0.25, 0.3) is 0 Å². The van der Waals surface area contributed by atoms with Gasteiger partial charge in [-0.25, -0.2) is 4.98 Å². The van der Waals surface area contributed by atoms with Crippen molar-refractivity contribution in [3.63, 3.8) is 0 Å². The second-order valence-corrected chi connectivity index (χ2v) is 5.24. The molecule has 1 aromatic rings. The number of aliphatic imine (C=N–C) groups is 1. The molecule has 1 saturated heterocycles. The van der Waals surface area contributed by atoms with Crippen molar-refractivity contribution in [1.82, 2.24) is 15.2 Å². The highest BCUT2D eigenvalue weighted by Crippen LogP contribution is 2.12. The van der Waals surface area contributed by atoms with Crippen molar-refractivity contribution in [3.05, 3.63) is 24.4 Å². The molecule has 1 N–H and O–H groups in total. The number of rotatable bonds is 6. The number of anilines is 1. The number of piperazine rings is 1. The van der Waals surface area contributed by atoms with Crippen molar-refractivity contribution in [2.75, 3.05) is 57.9 Å². The lowest BCUT2D eigenvalue weighted by atomic mass is 10.3. The van der Waals surface area contributed by atoms with Crippen LogP contribution in [0.5, 0.6) is 0 Å². The Hall–Kier alpha value is -1.09. The van der Waals surface area contributed by atoms with Crippen molar-refractivity contribution < 1.29 is 4.74 Å². The van der Waals surface area contributed by atoms with Gasteiger partial charge in [-0.05, 0) is 25.5 Å². The zero-order valence-corrected chi connectivity index (χ0v) is 16.4. The SMILES string of the molecule is CCNC(=NCCCOC)N1CCN(c2ccccn2)CC1.I. The van der Waals surface area contributed by atoms with Gasteiger partial charge in [0.2, 0.25) is 0 Å². The smallest absolute Gasteiger partial charge is 0.194 e. The molecule has 7 heteroatoms. The van der Waals surface area contributed by atoms with E-state index in [4.69, 9.17) is 4.74 Å². The van der Waals surface area contributed by atoms with Gasteiger partial charge in [0.15, 0.2) is 5.96 Å². The van der Waals surface area contributed by atoms with Gasteiger partial charge in [0, 0.05) is 59.2 Å². The van der Waals surface area contributed by atoms with Gasteiger partial charge in [-0.1, -0.05) is 6.07 Å². The molecule has 0 aromatic carbocycles. The molecule has 1 aliphatic rings. The molecule has 6 nitrogen and oxygen atoms in total. The zero-order valence-electron chi connectivity index (χ0n) is 14.1. The van der Waals surface area contributed by atoms with E-state index in [-0.39, 0.29) is 24.0 Å². The van der Waals surface area contributed by atoms with Crippen LogP contribution in [-0.2, 0) is 4.74 Å². The van der Waals surface area contributed by atoms with E-state index in [1.165, 1.54) is 0 Å². The largest absolute Gasteiger partial charge is 0.385 e. The Morgan fingerprint density at radius 3 is 2.70 bits per heavy atom. The van der Waals surface area contributed by atoms with Crippen molar-refractivity contribution in [2.45, 2.75) is 13.3 Å². The van der Waals surface area contributed by atoms with Crippen LogP contribution in [0.3, 0.4) is 0 Å². The topological polar surface area (TPSA) is 53.0 Å². The van der Waals surface area contributed by atoms with Crippen LogP contribution in [0.4, 0.5) is 5.82 Å². The molecular weight excluding hydrogens is 405 g/mol. The summed E-state index contributed by atoms with van der Waals surface area (Å²) in [5.74, 6) is 2.07. The van der Waals surface area contributed by atoms with Crippen molar-refractivity contribution in [3.8, 4) is 0 Å². The predicted molar refractivity (Wildman–Crippen MR) is 106 cm³/mol. The Morgan fingerprint density at radius 1 is 1.30 bits per heavy atom. The fourth-order valence-electron chi connectivity index (χ4n) is 2.51. The molecule has 23 heavy (non-hydrogen) atoms. The number of hydrogen-bond acceptors (Lipinski definition) is 4. The Kier molecular flexibility index (Phi) is 9.93. The highest BCUT2D eigenvalue weighted by atomic mass is 127. The van der Waals surface area contributed by atoms with E-state index in [0.717, 1.165) is 64.1 Å². The van der Waals surface area contributed by atoms with Crippen LogP contribution < -0.4 is 10.2 Å². The average Bonchev–Trinajstić information content (AvgIpc) is 2.59. The first kappa shape index (κ1) is 20.0. The summed E-state index contributed by atoms with van der Waals surface area (Å²) in [5, 5.41) is 3.38. The molecule has 0 bridgehead atoms. The highest BCUT2D eigenvalue weighted by molar-refractivity contribution is 14.0. The molecule has 130 valence electrons. The van der Waals surface area contributed by atoms with Gasteiger partial charge in [-0.15, -0.1) is 24.0 Å². The summed E-state index contributed by atoms with van der Waals surface area (Å²) in [6.45, 7) is 8.43. The Labute approximate surface area is 156 Å². The third-order valence-electron chi connectivity index (χ3n) is 3.66. The first-order chi connectivity index (χ1) is 10.8. The first-order valence-electron chi connectivity index (χ1n) is 8.03. The van der Waals surface area contributed by atoms with Crippen molar-refractivity contribution in [2.24, 2.45) is 4.99 Å². The minimum Gasteiger partial charge on any atom is -0.385 e. The number of nitrogens with one attached hydrogen (secondary N) is 1. The maximum atomic E-state index is 5.08. The zero-order chi connectivity index (χ0) is 15.6. The van der Waals surface area contributed by atoms with E-state index in [2.05, 4.69) is 38.1 Å². The Balaban J connectivity index is 0.00000264. The monoisotopic (exact) mass is 433 g/mol. The molecule has 0 amide bonds. The molecule has 2 rings (SSSR count). The van der Waals surface area contributed by atoms with Crippen LogP contribution in [0.15, 0.2) is 29.4 Å². The molecule has 0 spiro atoms. The van der Waals surface area contributed by atoms with E-state index < -0.39 is 0 Å². The Bertz CT molecular complexity index is 449. The third-order valence-corrected chi connectivity index (χ3v) is 3.66. The van der Waals surface area contributed by atoms with Gasteiger partial charge in [-0.3, -0.25) is 4.99 Å². The summed E-state index contributed by atoms with van der Waals surface area (Å²) in [6.07, 6.45) is 2.81. The van der Waals surface area contributed by atoms with Crippen LogP contribution >= 0.6 is 24.0 Å². The second-order valence-electron chi connectivity index (χ2n) is 5.24. The number of aromatic nitrogens is 1. The fraction of sp³-hybridized carbons (Fsp3) is 0.625. The number of nitrogens with zero attached hydrogens (tertiary/aromatic N) is 4. The summed E-state index contributed by atoms with van der Waals surface area (Å²) >= 11 is 0. The van der Waals surface area contributed by atoms with Crippen LogP contribution in [0.2, 0.25) is 0 Å². The summed E-state index contributed by atoms with van der Waals surface area (Å²) in [5.41, 5.74) is 0. The van der Waals surface area contributed by atoms with Gasteiger partial charge in [0.25, 0.3) is 0 Å². The molecule has 1 fully saturated rings. The first-order valence-corrected chi connectivity index (χ1v) is 8.03. The molecule has 0 aliphatic carbocycles. The second kappa shape index (κ2) is 11.4. The van der Waals surface area contributed by atoms with Gasteiger partial charge in [0.1, 0.15) is 5.82 Å². The summed E-state index contributed by atoms with van der Waals surface area (Å²) < 4.78 is 5.08. The maximum absolute atomic E-state index is 5.08. The fourth-order valence-corrected chi connectivity index (χ4v) is 2.51. The maximum Gasteiger partial charge on any atom is 0.194 e. The standard InChI is InChI=1S/C16H27N5O.HI/c1-3-17-16(19-9-6-14-22-2)21-12-10-20(11-13-21)15-7-4-5-8-18-15;/h4-5,7-8H,3,6,9-14H2,1-2H3,(H,17,19);1H. The Morgan fingerprint density at radius 2 is 2.09 bits per heavy atom. The van der Waals surface area contributed by atoms with E-state index in [1.54, 1.807) is 7.11 Å². The van der Waals surface area contributed by atoms with Crippen molar-refractivity contribution in [1.29, 1.82) is 0 Å². The quantitative estimate of drug-likeness (QED) is 0.321. The lowest BCUT2D eigenvalue weighted by Gasteiger charge is -2.37. The van der Waals surface area contributed by atoms with E-state index >= 15 is 0 Å². The average molecular weight is 433 g/mol. The van der Waals surface area contributed by atoms with Gasteiger partial charge < -0.3 is 19.9 Å². The van der Waals surface area contributed by atoms with Gasteiger partial charge in [0.05, 0.1) is 0 Å².